The highest BCUT2D eigenvalue weighted by molar-refractivity contribution is 14.1. The Balaban J connectivity index is 0.00000200. The van der Waals surface area contributed by atoms with Crippen molar-refractivity contribution in [1.29, 1.82) is 0 Å². The SMILES string of the molecule is COc1ccc(I)c(NC(=O)[C@@H]2CC[C@H](CN)O2)c1.Cl. The summed E-state index contributed by atoms with van der Waals surface area (Å²) in [5, 5.41) is 2.88. The van der Waals surface area contributed by atoms with Crippen molar-refractivity contribution in [1.82, 2.24) is 0 Å². The maximum atomic E-state index is 12.1. The van der Waals surface area contributed by atoms with Gasteiger partial charge < -0.3 is 20.5 Å². The molecule has 1 aliphatic heterocycles. The van der Waals surface area contributed by atoms with Gasteiger partial charge in [0, 0.05) is 16.2 Å². The predicted molar refractivity (Wildman–Crippen MR) is 88.5 cm³/mol. The van der Waals surface area contributed by atoms with Crippen molar-refractivity contribution in [3.8, 4) is 5.75 Å². The fraction of sp³-hybridized carbons (Fsp3) is 0.462. The number of hydrogen-bond donors (Lipinski definition) is 2. The van der Waals surface area contributed by atoms with Gasteiger partial charge in [-0.15, -0.1) is 12.4 Å². The van der Waals surface area contributed by atoms with Gasteiger partial charge in [-0.3, -0.25) is 4.79 Å². The Morgan fingerprint density at radius 1 is 1.55 bits per heavy atom. The lowest BCUT2D eigenvalue weighted by atomic mass is 10.2. The number of benzene rings is 1. The molecule has 2 rings (SSSR count). The van der Waals surface area contributed by atoms with Crippen LogP contribution in [-0.4, -0.2) is 31.8 Å². The van der Waals surface area contributed by atoms with Gasteiger partial charge >= 0.3 is 0 Å². The second-order valence-electron chi connectivity index (χ2n) is 4.39. The fourth-order valence-corrected chi connectivity index (χ4v) is 2.48. The molecule has 0 radical (unpaired) electrons. The van der Waals surface area contributed by atoms with Crippen LogP contribution in [0, 0.1) is 3.57 Å². The normalized spacial score (nSPS) is 21.1. The molecule has 0 aromatic heterocycles. The Kier molecular flexibility index (Phi) is 7.01. The van der Waals surface area contributed by atoms with Crippen LogP contribution in [0.25, 0.3) is 0 Å². The smallest absolute Gasteiger partial charge is 0.253 e. The number of ether oxygens (including phenoxy) is 2. The number of nitrogens with two attached hydrogens (primary N) is 1. The fourth-order valence-electron chi connectivity index (χ4n) is 2.01. The third-order valence-corrected chi connectivity index (χ3v) is 4.03. The maximum Gasteiger partial charge on any atom is 0.253 e. The van der Waals surface area contributed by atoms with Crippen molar-refractivity contribution < 1.29 is 14.3 Å². The Morgan fingerprint density at radius 2 is 2.30 bits per heavy atom. The number of rotatable bonds is 4. The Hall–Kier alpha value is -0.570. The second-order valence-corrected chi connectivity index (χ2v) is 5.56. The van der Waals surface area contributed by atoms with Crippen molar-refractivity contribution in [3.05, 3.63) is 21.8 Å². The summed E-state index contributed by atoms with van der Waals surface area (Å²) in [7, 11) is 1.60. The molecule has 0 unspecified atom stereocenters. The zero-order valence-corrected chi connectivity index (χ0v) is 14.1. The standard InChI is InChI=1S/C13H17IN2O3.ClH/c1-18-8-2-4-10(14)11(6-8)16-13(17)12-5-3-9(7-15)19-12;/h2,4,6,9,12H,3,5,7,15H2,1H3,(H,16,17);1H/t9-,12+;/m1./s1. The van der Waals surface area contributed by atoms with E-state index in [1.807, 2.05) is 12.1 Å². The molecule has 1 aliphatic rings. The first-order valence-electron chi connectivity index (χ1n) is 6.14. The molecule has 1 aromatic rings. The number of halogens is 2. The van der Waals surface area contributed by atoms with Gasteiger partial charge in [0.15, 0.2) is 0 Å². The van der Waals surface area contributed by atoms with Gasteiger partial charge in [-0.2, -0.15) is 0 Å². The molecular formula is C13H18ClIN2O3. The number of carbonyl (C=O) groups excluding carboxylic acids is 1. The average molecular weight is 413 g/mol. The van der Waals surface area contributed by atoms with Crippen LogP contribution in [0.3, 0.4) is 0 Å². The minimum Gasteiger partial charge on any atom is -0.497 e. The van der Waals surface area contributed by atoms with Gasteiger partial charge in [-0.05, 0) is 47.6 Å². The lowest BCUT2D eigenvalue weighted by Gasteiger charge is -2.14. The van der Waals surface area contributed by atoms with Gasteiger partial charge in [0.05, 0.1) is 18.9 Å². The molecule has 1 amide bonds. The number of methoxy groups -OCH3 is 1. The minimum absolute atomic E-state index is 0. The van der Waals surface area contributed by atoms with Crippen LogP contribution in [0.1, 0.15) is 12.8 Å². The van der Waals surface area contributed by atoms with E-state index in [0.717, 1.165) is 15.7 Å². The van der Waals surface area contributed by atoms with Gasteiger partial charge in [0.2, 0.25) is 0 Å². The number of anilines is 1. The zero-order valence-electron chi connectivity index (χ0n) is 11.1. The topological polar surface area (TPSA) is 73.6 Å². The van der Waals surface area contributed by atoms with E-state index in [4.69, 9.17) is 15.2 Å². The molecule has 1 heterocycles. The quantitative estimate of drug-likeness (QED) is 0.744. The van der Waals surface area contributed by atoms with Crippen LogP contribution in [0.5, 0.6) is 5.75 Å². The second kappa shape index (κ2) is 8.02. The van der Waals surface area contributed by atoms with E-state index >= 15 is 0 Å². The first-order valence-corrected chi connectivity index (χ1v) is 7.22. The van der Waals surface area contributed by atoms with E-state index in [9.17, 15) is 4.79 Å². The van der Waals surface area contributed by atoms with Crippen LogP contribution >= 0.6 is 35.0 Å². The summed E-state index contributed by atoms with van der Waals surface area (Å²) in [6.07, 6.45) is 1.15. The van der Waals surface area contributed by atoms with Crippen molar-refractivity contribution in [2.75, 3.05) is 19.0 Å². The van der Waals surface area contributed by atoms with Crippen molar-refractivity contribution in [3.63, 3.8) is 0 Å². The van der Waals surface area contributed by atoms with E-state index in [-0.39, 0.29) is 24.4 Å². The Labute approximate surface area is 138 Å². The van der Waals surface area contributed by atoms with Crippen molar-refractivity contribution >= 4 is 46.6 Å². The number of nitrogens with one attached hydrogen (secondary N) is 1. The molecule has 5 nitrogen and oxygen atoms in total. The molecule has 0 bridgehead atoms. The first kappa shape index (κ1) is 17.5. The summed E-state index contributed by atoms with van der Waals surface area (Å²) < 4.78 is 11.7. The Bertz CT molecular complexity index is 473. The minimum atomic E-state index is -0.407. The molecule has 0 spiro atoms. The summed E-state index contributed by atoms with van der Waals surface area (Å²) >= 11 is 2.17. The largest absolute Gasteiger partial charge is 0.497 e. The number of carbonyl (C=O) groups is 1. The van der Waals surface area contributed by atoms with E-state index in [1.165, 1.54) is 0 Å². The van der Waals surface area contributed by atoms with E-state index in [1.54, 1.807) is 13.2 Å². The van der Waals surface area contributed by atoms with Gasteiger partial charge in [0.1, 0.15) is 11.9 Å². The highest BCUT2D eigenvalue weighted by Gasteiger charge is 2.30. The van der Waals surface area contributed by atoms with Gasteiger partial charge in [-0.25, -0.2) is 0 Å². The van der Waals surface area contributed by atoms with Crippen molar-refractivity contribution in [2.45, 2.75) is 25.0 Å². The van der Waals surface area contributed by atoms with E-state index in [2.05, 4.69) is 27.9 Å². The lowest BCUT2D eigenvalue weighted by molar-refractivity contribution is -0.126. The van der Waals surface area contributed by atoms with Gasteiger partial charge in [-0.1, -0.05) is 0 Å². The van der Waals surface area contributed by atoms with Crippen LogP contribution in [0.2, 0.25) is 0 Å². The highest BCUT2D eigenvalue weighted by Crippen LogP contribution is 2.26. The third kappa shape index (κ3) is 4.21. The number of hydrogen-bond acceptors (Lipinski definition) is 4. The third-order valence-electron chi connectivity index (χ3n) is 3.09. The average Bonchev–Trinajstić information content (AvgIpc) is 2.90. The highest BCUT2D eigenvalue weighted by atomic mass is 127. The summed E-state index contributed by atoms with van der Waals surface area (Å²) in [4.78, 5) is 12.1. The number of amides is 1. The molecule has 1 aromatic carbocycles. The molecule has 0 saturated carbocycles. The molecule has 1 saturated heterocycles. The molecule has 7 heteroatoms. The summed E-state index contributed by atoms with van der Waals surface area (Å²) in [5.74, 6) is 0.588. The summed E-state index contributed by atoms with van der Waals surface area (Å²) in [6.45, 7) is 0.459. The monoisotopic (exact) mass is 412 g/mol. The molecular weight excluding hydrogens is 395 g/mol. The molecule has 0 aliphatic carbocycles. The van der Waals surface area contributed by atoms with E-state index < -0.39 is 6.10 Å². The van der Waals surface area contributed by atoms with Crippen LogP contribution in [0.15, 0.2) is 18.2 Å². The first-order chi connectivity index (χ1) is 9.13. The van der Waals surface area contributed by atoms with Crippen LogP contribution in [0.4, 0.5) is 5.69 Å². The molecule has 2 atom stereocenters. The van der Waals surface area contributed by atoms with E-state index in [0.29, 0.717) is 18.7 Å². The van der Waals surface area contributed by atoms with Gasteiger partial charge in [0.25, 0.3) is 5.91 Å². The van der Waals surface area contributed by atoms with Crippen LogP contribution < -0.4 is 15.8 Å². The lowest BCUT2D eigenvalue weighted by Crippen LogP contribution is -2.30. The zero-order chi connectivity index (χ0) is 13.8. The molecule has 3 N–H and O–H groups in total. The summed E-state index contributed by atoms with van der Waals surface area (Å²) in [5.41, 5.74) is 6.28. The maximum absolute atomic E-state index is 12.1. The van der Waals surface area contributed by atoms with Crippen molar-refractivity contribution in [2.24, 2.45) is 5.73 Å². The summed E-state index contributed by atoms with van der Waals surface area (Å²) in [6, 6.07) is 5.55. The predicted octanol–water partition coefficient (Wildman–Crippen LogP) is 2.17. The molecule has 112 valence electrons. The molecule has 20 heavy (non-hydrogen) atoms. The molecule has 1 fully saturated rings. The van der Waals surface area contributed by atoms with Crippen LogP contribution in [-0.2, 0) is 9.53 Å². The Morgan fingerprint density at radius 3 is 2.90 bits per heavy atom.